The molecular formula is C23H22N2O3. The minimum absolute atomic E-state index is 0.0126. The van der Waals surface area contributed by atoms with Gasteiger partial charge >= 0.3 is 0 Å². The van der Waals surface area contributed by atoms with E-state index in [-0.39, 0.29) is 24.4 Å². The topological polar surface area (TPSA) is 58.6 Å². The summed E-state index contributed by atoms with van der Waals surface area (Å²) in [5.41, 5.74) is 2.49. The van der Waals surface area contributed by atoms with Crippen molar-refractivity contribution in [3.63, 3.8) is 0 Å². The fraction of sp³-hybridized carbons (Fsp3) is 0.217. The molecule has 0 spiro atoms. The van der Waals surface area contributed by atoms with Gasteiger partial charge in [-0.15, -0.1) is 0 Å². The number of nitrogens with zero attached hydrogens (tertiary/aromatic N) is 1. The lowest BCUT2D eigenvalue weighted by molar-refractivity contribution is -0.120. The summed E-state index contributed by atoms with van der Waals surface area (Å²) in [5, 5.41) is 4.84. The molecular weight excluding hydrogens is 352 g/mol. The lowest BCUT2D eigenvalue weighted by atomic mass is 10.1. The Bertz CT molecular complexity index is 1060. The molecule has 0 aliphatic carbocycles. The third-order valence-electron chi connectivity index (χ3n) is 4.94. The molecule has 1 aliphatic heterocycles. The number of hydrogen-bond acceptors (Lipinski definition) is 3. The molecule has 5 nitrogen and oxygen atoms in total. The van der Waals surface area contributed by atoms with Gasteiger partial charge in [-0.1, -0.05) is 42.5 Å². The molecule has 0 bridgehead atoms. The maximum Gasteiger partial charge on any atom is 0.259 e. The molecule has 0 saturated carbocycles. The predicted octanol–water partition coefficient (Wildman–Crippen LogP) is 3.69. The van der Waals surface area contributed by atoms with Gasteiger partial charge in [-0.25, -0.2) is 0 Å². The molecule has 1 atom stereocenters. The number of ether oxygens (including phenoxy) is 1. The van der Waals surface area contributed by atoms with Crippen molar-refractivity contribution in [1.29, 1.82) is 0 Å². The maximum atomic E-state index is 12.8. The minimum atomic E-state index is -0.209. The van der Waals surface area contributed by atoms with E-state index in [0.29, 0.717) is 12.2 Å². The number of para-hydroxylation sites is 1. The van der Waals surface area contributed by atoms with Crippen LogP contribution >= 0.6 is 0 Å². The third kappa shape index (κ3) is 3.31. The summed E-state index contributed by atoms with van der Waals surface area (Å²) in [5.74, 6) is 0.463. The van der Waals surface area contributed by atoms with E-state index in [1.54, 1.807) is 4.90 Å². The molecule has 1 unspecified atom stereocenters. The van der Waals surface area contributed by atoms with Gasteiger partial charge in [0, 0.05) is 10.9 Å². The molecule has 1 aliphatic rings. The highest BCUT2D eigenvalue weighted by atomic mass is 16.5. The van der Waals surface area contributed by atoms with Gasteiger partial charge in [-0.2, -0.15) is 0 Å². The largest absolute Gasteiger partial charge is 0.491 e. The average Bonchev–Trinajstić information content (AvgIpc) is 2.95. The van der Waals surface area contributed by atoms with E-state index in [0.717, 1.165) is 27.8 Å². The molecule has 0 saturated heterocycles. The fourth-order valence-corrected chi connectivity index (χ4v) is 3.57. The van der Waals surface area contributed by atoms with Crippen molar-refractivity contribution < 1.29 is 14.3 Å². The van der Waals surface area contributed by atoms with Crippen LogP contribution in [0.2, 0.25) is 0 Å². The second-order valence-corrected chi connectivity index (χ2v) is 7.12. The Morgan fingerprint density at radius 3 is 2.61 bits per heavy atom. The number of anilines is 1. The number of aryl methyl sites for hydroxylation is 1. The first kappa shape index (κ1) is 18.0. The SMILES string of the molecule is Cc1ccccc1OCC(C)NC(=O)CN1C(=O)c2cccc3cccc1c23. The van der Waals surface area contributed by atoms with Crippen molar-refractivity contribution in [3.8, 4) is 5.75 Å². The molecule has 0 radical (unpaired) electrons. The van der Waals surface area contributed by atoms with E-state index < -0.39 is 0 Å². The Balaban J connectivity index is 1.40. The Morgan fingerprint density at radius 2 is 1.82 bits per heavy atom. The number of carbonyl (C=O) groups excluding carboxylic acids is 2. The summed E-state index contributed by atoms with van der Waals surface area (Å²) in [6.07, 6.45) is 0. The van der Waals surface area contributed by atoms with Crippen LogP contribution < -0.4 is 15.0 Å². The van der Waals surface area contributed by atoms with Crippen LogP contribution in [0.25, 0.3) is 10.8 Å². The zero-order chi connectivity index (χ0) is 19.7. The van der Waals surface area contributed by atoms with E-state index in [2.05, 4.69) is 5.32 Å². The number of amides is 2. The van der Waals surface area contributed by atoms with Crippen molar-refractivity contribution in [1.82, 2.24) is 5.32 Å². The average molecular weight is 374 g/mol. The van der Waals surface area contributed by atoms with E-state index in [1.165, 1.54) is 0 Å². The van der Waals surface area contributed by atoms with Gasteiger partial charge in [0.2, 0.25) is 5.91 Å². The normalized spacial score (nSPS) is 13.6. The molecule has 5 heteroatoms. The van der Waals surface area contributed by atoms with Gasteiger partial charge in [-0.3, -0.25) is 14.5 Å². The van der Waals surface area contributed by atoms with E-state index in [1.807, 2.05) is 74.5 Å². The molecule has 142 valence electrons. The Labute approximate surface area is 163 Å². The quantitative estimate of drug-likeness (QED) is 0.716. The predicted molar refractivity (Wildman–Crippen MR) is 110 cm³/mol. The number of carbonyl (C=O) groups is 2. The van der Waals surface area contributed by atoms with Crippen molar-refractivity contribution in [2.75, 3.05) is 18.1 Å². The van der Waals surface area contributed by atoms with Crippen LogP contribution in [0.3, 0.4) is 0 Å². The van der Waals surface area contributed by atoms with Gasteiger partial charge in [0.25, 0.3) is 5.91 Å². The lowest BCUT2D eigenvalue weighted by Gasteiger charge is -2.20. The zero-order valence-corrected chi connectivity index (χ0v) is 15.9. The molecule has 0 fully saturated rings. The summed E-state index contributed by atoms with van der Waals surface area (Å²) < 4.78 is 5.79. The fourth-order valence-electron chi connectivity index (χ4n) is 3.57. The number of nitrogens with one attached hydrogen (secondary N) is 1. The van der Waals surface area contributed by atoms with E-state index in [4.69, 9.17) is 4.74 Å². The minimum Gasteiger partial charge on any atom is -0.491 e. The standard InChI is InChI=1S/C23H22N2O3/c1-15-7-3-4-12-20(15)28-14-16(2)24-21(26)13-25-19-11-6-9-17-8-5-10-18(22(17)19)23(25)27/h3-12,16H,13-14H2,1-2H3,(H,24,26). The second-order valence-electron chi connectivity index (χ2n) is 7.12. The lowest BCUT2D eigenvalue weighted by Crippen LogP contribution is -2.44. The van der Waals surface area contributed by atoms with Crippen molar-refractivity contribution in [3.05, 3.63) is 71.8 Å². The molecule has 4 rings (SSSR count). The molecule has 28 heavy (non-hydrogen) atoms. The van der Waals surface area contributed by atoms with Crippen LogP contribution in [0.5, 0.6) is 5.75 Å². The highest BCUT2D eigenvalue weighted by Crippen LogP contribution is 2.36. The smallest absolute Gasteiger partial charge is 0.259 e. The number of hydrogen-bond donors (Lipinski definition) is 1. The molecule has 1 heterocycles. The summed E-state index contributed by atoms with van der Waals surface area (Å²) in [4.78, 5) is 26.9. The van der Waals surface area contributed by atoms with Crippen LogP contribution in [0.15, 0.2) is 60.7 Å². The number of benzene rings is 3. The van der Waals surface area contributed by atoms with Crippen LogP contribution in [0.4, 0.5) is 5.69 Å². The van der Waals surface area contributed by atoms with Crippen LogP contribution in [0, 0.1) is 6.92 Å². The van der Waals surface area contributed by atoms with Gasteiger partial charge in [0.05, 0.1) is 11.7 Å². The summed E-state index contributed by atoms with van der Waals surface area (Å²) in [6, 6.07) is 19.0. The van der Waals surface area contributed by atoms with Gasteiger partial charge in [0.1, 0.15) is 18.9 Å². The van der Waals surface area contributed by atoms with E-state index in [9.17, 15) is 9.59 Å². The third-order valence-corrected chi connectivity index (χ3v) is 4.94. The van der Waals surface area contributed by atoms with Crippen molar-refractivity contribution >= 4 is 28.3 Å². The van der Waals surface area contributed by atoms with Crippen molar-refractivity contribution in [2.24, 2.45) is 0 Å². The summed E-state index contributed by atoms with van der Waals surface area (Å²) in [6.45, 7) is 4.22. The highest BCUT2D eigenvalue weighted by molar-refractivity contribution is 6.26. The second kappa shape index (κ2) is 7.35. The molecule has 1 N–H and O–H groups in total. The monoisotopic (exact) mass is 374 g/mol. The van der Waals surface area contributed by atoms with Crippen LogP contribution in [-0.2, 0) is 4.79 Å². The molecule has 0 aromatic heterocycles. The Hall–Kier alpha value is -3.34. The van der Waals surface area contributed by atoms with E-state index >= 15 is 0 Å². The first-order valence-electron chi connectivity index (χ1n) is 9.36. The van der Waals surface area contributed by atoms with Crippen molar-refractivity contribution in [2.45, 2.75) is 19.9 Å². The molecule has 3 aromatic carbocycles. The first-order chi connectivity index (χ1) is 13.5. The van der Waals surface area contributed by atoms with Crippen LogP contribution in [-0.4, -0.2) is 31.0 Å². The number of rotatable bonds is 6. The van der Waals surface area contributed by atoms with Gasteiger partial charge in [0.15, 0.2) is 0 Å². The first-order valence-corrected chi connectivity index (χ1v) is 9.36. The molecule has 3 aromatic rings. The summed E-state index contributed by atoms with van der Waals surface area (Å²) in [7, 11) is 0. The zero-order valence-electron chi connectivity index (χ0n) is 15.9. The highest BCUT2D eigenvalue weighted by Gasteiger charge is 2.31. The maximum absolute atomic E-state index is 12.8. The molecule has 2 amide bonds. The Kier molecular flexibility index (Phi) is 4.74. The van der Waals surface area contributed by atoms with Crippen LogP contribution in [0.1, 0.15) is 22.8 Å². The summed E-state index contributed by atoms with van der Waals surface area (Å²) >= 11 is 0. The Morgan fingerprint density at radius 1 is 1.07 bits per heavy atom. The van der Waals surface area contributed by atoms with Gasteiger partial charge < -0.3 is 10.1 Å². The van der Waals surface area contributed by atoms with Gasteiger partial charge in [-0.05, 0) is 43.0 Å².